The summed E-state index contributed by atoms with van der Waals surface area (Å²) in [5.41, 5.74) is -1.11. The average Bonchev–Trinajstić information content (AvgIpc) is 2.34. The summed E-state index contributed by atoms with van der Waals surface area (Å²) in [5, 5.41) is 0.713. The van der Waals surface area contributed by atoms with Gasteiger partial charge >= 0.3 is 0 Å². The minimum atomic E-state index is -0.553. The van der Waals surface area contributed by atoms with Gasteiger partial charge in [-0.15, -0.1) is 0 Å². The number of benzene rings is 1. The first-order chi connectivity index (χ1) is 6.61. The topological polar surface area (TPSA) is 56.1 Å². The molecule has 0 aliphatic carbocycles. The van der Waals surface area contributed by atoms with E-state index in [0.717, 1.165) is 0 Å². The van der Waals surface area contributed by atoms with E-state index in [0.29, 0.717) is 15.3 Å². The second-order valence-electron chi connectivity index (χ2n) is 3.04. The molecule has 0 saturated heterocycles. The van der Waals surface area contributed by atoms with Gasteiger partial charge < -0.3 is 0 Å². The summed E-state index contributed by atoms with van der Waals surface area (Å²) in [6, 6.07) is 6.16. The SMILES string of the molecule is CC(=O)n1c(=O)c2ccc(cc2)c1=O. The monoisotopic (exact) mass is 189 g/mol. The second kappa shape index (κ2) is 2.77. The summed E-state index contributed by atoms with van der Waals surface area (Å²) in [6.07, 6.45) is 0. The van der Waals surface area contributed by atoms with E-state index in [-0.39, 0.29) is 0 Å². The lowest BCUT2D eigenvalue weighted by Gasteiger charge is -1.91. The van der Waals surface area contributed by atoms with Crippen LogP contribution >= 0.6 is 0 Å². The van der Waals surface area contributed by atoms with Crippen LogP contribution in [0.2, 0.25) is 0 Å². The summed E-state index contributed by atoms with van der Waals surface area (Å²) >= 11 is 0. The highest BCUT2D eigenvalue weighted by Gasteiger charge is 2.09. The van der Waals surface area contributed by atoms with Crippen molar-refractivity contribution in [2.75, 3.05) is 0 Å². The molecule has 0 aliphatic heterocycles. The van der Waals surface area contributed by atoms with Crippen molar-refractivity contribution in [3.05, 3.63) is 45.0 Å². The Balaban J connectivity index is 3.18. The maximum Gasteiger partial charge on any atom is 0.267 e. The maximum absolute atomic E-state index is 11.6. The first kappa shape index (κ1) is 8.62. The van der Waals surface area contributed by atoms with Crippen LogP contribution in [0.25, 0.3) is 10.8 Å². The van der Waals surface area contributed by atoms with Gasteiger partial charge in [0.05, 0.1) is 0 Å². The molecule has 4 nitrogen and oxygen atoms in total. The summed E-state index contributed by atoms with van der Waals surface area (Å²) in [6.45, 7) is 1.20. The Morgan fingerprint density at radius 1 is 1.00 bits per heavy atom. The largest absolute Gasteiger partial charge is 0.274 e. The molecule has 0 amide bonds. The normalized spacial score (nSPS) is 10.6. The van der Waals surface area contributed by atoms with Gasteiger partial charge in [-0.1, -0.05) is 0 Å². The van der Waals surface area contributed by atoms with Crippen LogP contribution < -0.4 is 11.1 Å². The third-order valence-electron chi connectivity index (χ3n) is 2.10. The van der Waals surface area contributed by atoms with Crippen molar-refractivity contribution in [1.82, 2.24) is 4.57 Å². The molecule has 0 spiro atoms. The molecule has 2 aromatic heterocycles. The van der Waals surface area contributed by atoms with Crippen molar-refractivity contribution in [2.24, 2.45) is 0 Å². The molecule has 4 heteroatoms. The lowest BCUT2D eigenvalue weighted by atomic mass is 10.2. The second-order valence-corrected chi connectivity index (χ2v) is 3.04. The van der Waals surface area contributed by atoms with Gasteiger partial charge in [0.15, 0.2) is 0 Å². The molecule has 0 atom stereocenters. The van der Waals surface area contributed by atoms with Crippen LogP contribution in [0.3, 0.4) is 0 Å². The van der Waals surface area contributed by atoms with Crippen molar-refractivity contribution >= 4 is 16.7 Å². The molecule has 0 unspecified atom stereocenters. The van der Waals surface area contributed by atoms with E-state index >= 15 is 0 Å². The Morgan fingerprint density at radius 2 is 1.36 bits per heavy atom. The predicted octanol–water partition coefficient (Wildman–Crippen LogP) is 0.460. The Kier molecular flexibility index (Phi) is 1.70. The third kappa shape index (κ3) is 1.04. The molecule has 2 heterocycles. The minimum Gasteiger partial charge on any atom is -0.274 e. The molecule has 3 aromatic rings. The zero-order valence-electron chi connectivity index (χ0n) is 7.48. The summed E-state index contributed by atoms with van der Waals surface area (Å²) < 4.78 is 0.657. The lowest BCUT2D eigenvalue weighted by Crippen LogP contribution is -2.33. The molecule has 14 heavy (non-hydrogen) atoms. The molecule has 3 rings (SSSR count). The quantitative estimate of drug-likeness (QED) is 0.605. The number of fused-ring (bicyclic) bond motifs is 4. The van der Waals surface area contributed by atoms with E-state index in [1.165, 1.54) is 6.92 Å². The summed E-state index contributed by atoms with van der Waals surface area (Å²) in [7, 11) is 0. The van der Waals surface area contributed by atoms with Crippen molar-refractivity contribution in [2.45, 2.75) is 6.92 Å². The fraction of sp³-hybridized carbons (Fsp3) is 0.100. The minimum absolute atomic E-state index is 0.356. The Labute approximate surface area is 78.7 Å². The van der Waals surface area contributed by atoms with E-state index in [1.807, 2.05) is 0 Å². The number of hydrogen-bond donors (Lipinski definition) is 0. The number of hydrogen-bond acceptors (Lipinski definition) is 3. The van der Waals surface area contributed by atoms with Crippen molar-refractivity contribution in [1.29, 1.82) is 0 Å². The molecule has 2 bridgehead atoms. The van der Waals surface area contributed by atoms with Crippen LogP contribution in [-0.4, -0.2) is 10.5 Å². The smallest absolute Gasteiger partial charge is 0.267 e. The van der Waals surface area contributed by atoms with Gasteiger partial charge in [0.25, 0.3) is 11.1 Å². The molecule has 1 aromatic carbocycles. The summed E-state index contributed by atoms with van der Waals surface area (Å²) in [4.78, 5) is 34.3. The fourth-order valence-electron chi connectivity index (χ4n) is 1.39. The number of carbonyl (C=O) groups excluding carboxylic acids is 1. The van der Waals surface area contributed by atoms with E-state index < -0.39 is 17.0 Å². The zero-order valence-corrected chi connectivity index (χ0v) is 7.48. The van der Waals surface area contributed by atoms with Gasteiger partial charge in [0.2, 0.25) is 5.91 Å². The molecular formula is C10H7NO3. The number of nitrogens with zero attached hydrogens (tertiary/aromatic N) is 1. The first-order valence-electron chi connectivity index (χ1n) is 4.10. The van der Waals surface area contributed by atoms with E-state index in [4.69, 9.17) is 0 Å². The highest BCUT2D eigenvalue weighted by atomic mass is 16.2. The van der Waals surface area contributed by atoms with Gasteiger partial charge in [-0.25, -0.2) is 4.57 Å². The highest BCUT2D eigenvalue weighted by Crippen LogP contribution is 2.00. The number of rotatable bonds is 0. The molecule has 0 aliphatic rings. The molecular weight excluding hydrogens is 182 g/mol. The van der Waals surface area contributed by atoms with Gasteiger partial charge in [-0.05, 0) is 24.3 Å². The Bertz CT molecular complexity index is 545. The lowest BCUT2D eigenvalue weighted by molar-refractivity contribution is 0.0930. The average molecular weight is 189 g/mol. The van der Waals surface area contributed by atoms with Crippen LogP contribution in [0.4, 0.5) is 0 Å². The van der Waals surface area contributed by atoms with E-state index in [9.17, 15) is 14.4 Å². The fourth-order valence-corrected chi connectivity index (χ4v) is 1.39. The van der Waals surface area contributed by atoms with Crippen LogP contribution in [0, 0.1) is 0 Å². The van der Waals surface area contributed by atoms with E-state index in [2.05, 4.69) is 0 Å². The molecule has 0 radical (unpaired) electrons. The van der Waals surface area contributed by atoms with Crippen LogP contribution in [0.1, 0.15) is 11.7 Å². The van der Waals surface area contributed by atoms with Gasteiger partial charge in [-0.3, -0.25) is 14.4 Å². The zero-order chi connectivity index (χ0) is 10.3. The molecule has 0 saturated carbocycles. The van der Waals surface area contributed by atoms with Crippen LogP contribution in [0.15, 0.2) is 33.9 Å². The summed E-state index contributed by atoms with van der Waals surface area (Å²) in [5.74, 6) is -0.553. The third-order valence-corrected chi connectivity index (χ3v) is 2.10. The van der Waals surface area contributed by atoms with Crippen molar-refractivity contribution in [3.8, 4) is 0 Å². The number of aromatic nitrogens is 1. The molecule has 0 fully saturated rings. The van der Waals surface area contributed by atoms with Crippen LogP contribution in [-0.2, 0) is 0 Å². The Morgan fingerprint density at radius 3 is 1.64 bits per heavy atom. The Hall–Kier alpha value is -1.97. The van der Waals surface area contributed by atoms with E-state index in [1.54, 1.807) is 24.3 Å². The van der Waals surface area contributed by atoms with Gasteiger partial charge in [0.1, 0.15) is 0 Å². The standard InChI is InChI=1S/C10H7NO3/c1-6(12)11-9(13)7-2-3-8(5-4-7)10(11)14/h2-5H,1H3. The van der Waals surface area contributed by atoms with Gasteiger partial charge in [0, 0.05) is 17.7 Å². The van der Waals surface area contributed by atoms with Gasteiger partial charge in [-0.2, -0.15) is 0 Å². The van der Waals surface area contributed by atoms with Crippen molar-refractivity contribution in [3.63, 3.8) is 0 Å². The molecule has 0 N–H and O–H groups in total. The first-order valence-corrected chi connectivity index (χ1v) is 4.10. The van der Waals surface area contributed by atoms with Crippen LogP contribution in [0.5, 0.6) is 0 Å². The number of carbonyl (C=O) groups is 1. The predicted molar refractivity (Wildman–Crippen MR) is 52.0 cm³/mol. The molecule has 70 valence electrons. The van der Waals surface area contributed by atoms with Crippen molar-refractivity contribution < 1.29 is 4.79 Å². The maximum atomic E-state index is 11.6. The highest BCUT2D eigenvalue weighted by molar-refractivity contribution is 5.79.